The van der Waals surface area contributed by atoms with Gasteiger partial charge in [-0.3, -0.25) is 4.55 Å². The van der Waals surface area contributed by atoms with Crippen LogP contribution in [0.1, 0.15) is 16.1 Å². The van der Waals surface area contributed by atoms with Crippen LogP contribution in [0.4, 0.5) is 0 Å². The van der Waals surface area contributed by atoms with Gasteiger partial charge < -0.3 is 5.11 Å². The fourth-order valence-electron chi connectivity index (χ4n) is 0.892. The zero-order chi connectivity index (χ0) is 10.8. The molecule has 0 radical (unpaired) electrons. The van der Waals surface area contributed by atoms with Gasteiger partial charge in [-0.1, -0.05) is 0 Å². The minimum Gasteiger partial charge on any atom is -0.477 e. The van der Waals surface area contributed by atoms with Crippen LogP contribution >= 0.6 is 0 Å². The molecule has 0 saturated carbocycles. The molecule has 0 amide bonds. The average molecular weight is 217 g/mol. The minimum absolute atomic E-state index is 0.180. The van der Waals surface area contributed by atoms with Crippen molar-refractivity contribution in [1.82, 2.24) is 4.98 Å². The number of aromatic carboxylic acids is 1. The van der Waals surface area contributed by atoms with Crippen molar-refractivity contribution >= 4 is 16.1 Å². The molecule has 0 aliphatic rings. The van der Waals surface area contributed by atoms with Gasteiger partial charge in [-0.05, 0) is 17.7 Å². The minimum atomic E-state index is -4.14. The molecule has 1 aromatic heterocycles. The molecule has 6 nitrogen and oxygen atoms in total. The molecule has 14 heavy (non-hydrogen) atoms. The number of carboxylic acids is 1. The highest BCUT2D eigenvalue weighted by Crippen LogP contribution is 2.05. The average Bonchev–Trinajstić information content (AvgIpc) is 2.01. The Kier molecular flexibility index (Phi) is 2.82. The smallest absolute Gasteiger partial charge is 0.354 e. The number of carboxylic acid groups (broad SMARTS) is 1. The Morgan fingerprint density at radius 1 is 1.50 bits per heavy atom. The van der Waals surface area contributed by atoms with Crippen LogP contribution < -0.4 is 0 Å². The molecule has 0 atom stereocenters. The molecule has 7 heteroatoms. The van der Waals surface area contributed by atoms with Gasteiger partial charge in [-0.25, -0.2) is 9.78 Å². The van der Waals surface area contributed by atoms with Gasteiger partial charge in [0.25, 0.3) is 10.1 Å². The Morgan fingerprint density at radius 2 is 2.14 bits per heavy atom. The summed E-state index contributed by atoms with van der Waals surface area (Å²) in [4.78, 5) is 13.9. The number of hydrogen-bond donors (Lipinski definition) is 2. The van der Waals surface area contributed by atoms with Crippen LogP contribution in [0, 0.1) is 0 Å². The Hall–Kier alpha value is -1.47. The van der Waals surface area contributed by atoms with E-state index in [9.17, 15) is 13.2 Å². The third-order valence-electron chi connectivity index (χ3n) is 1.39. The van der Waals surface area contributed by atoms with Crippen molar-refractivity contribution in [2.24, 2.45) is 0 Å². The number of rotatable bonds is 3. The van der Waals surface area contributed by atoms with Crippen LogP contribution in [-0.4, -0.2) is 29.0 Å². The Balaban J connectivity index is 3.01. The SMILES string of the molecule is O=C(O)c1cc(CS(=O)(=O)O)ccn1. The summed E-state index contributed by atoms with van der Waals surface area (Å²) in [5.74, 6) is -1.86. The van der Waals surface area contributed by atoms with Gasteiger partial charge in [0.05, 0.1) is 0 Å². The van der Waals surface area contributed by atoms with Crippen LogP contribution in [0.15, 0.2) is 18.3 Å². The summed E-state index contributed by atoms with van der Waals surface area (Å²) in [6, 6.07) is 2.41. The first kappa shape index (κ1) is 10.6. The van der Waals surface area contributed by atoms with Gasteiger partial charge in [0, 0.05) is 6.20 Å². The standard InChI is InChI=1S/C7H7NO5S/c9-7(10)6-3-5(1-2-8-6)4-14(11,12)13/h1-3H,4H2,(H,9,10)(H,11,12,13). The highest BCUT2D eigenvalue weighted by Gasteiger charge is 2.10. The molecule has 0 spiro atoms. The summed E-state index contributed by atoms with van der Waals surface area (Å²) in [5, 5.41) is 8.53. The second kappa shape index (κ2) is 3.72. The highest BCUT2D eigenvalue weighted by molar-refractivity contribution is 7.85. The largest absolute Gasteiger partial charge is 0.477 e. The number of nitrogens with zero attached hydrogens (tertiary/aromatic N) is 1. The third-order valence-corrected chi connectivity index (χ3v) is 2.09. The molecular formula is C7H7NO5S. The third kappa shape index (κ3) is 3.11. The van der Waals surface area contributed by atoms with Crippen LogP contribution in [0.25, 0.3) is 0 Å². The molecule has 0 fully saturated rings. The molecule has 76 valence electrons. The maximum Gasteiger partial charge on any atom is 0.354 e. The van der Waals surface area contributed by atoms with Gasteiger partial charge in [0.2, 0.25) is 0 Å². The maximum atomic E-state index is 10.5. The van der Waals surface area contributed by atoms with Gasteiger partial charge >= 0.3 is 5.97 Å². The summed E-state index contributed by atoms with van der Waals surface area (Å²) in [6.07, 6.45) is 1.17. The number of pyridine rings is 1. The summed E-state index contributed by atoms with van der Waals surface area (Å²) < 4.78 is 29.4. The van der Waals surface area contributed by atoms with Gasteiger partial charge in [0.15, 0.2) is 0 Å². The predicted molar refractivity (Wildman–Crippen MR) is 46.4 cm³/mol. The van der Waals surface area contributed by atoms with Crippen molar-refractivity contribution < 1.29 is 22.9 Å². The molecule has 1 aromatic rings. The van der Waals surface area contributed by atoms with Gasteiger partial charge in [-0.2, -0.15) is 8.42 Å². The van der Waals surface area contributed by atoms with Gasteiger partial charge in [-0.15, -0.1) is 0 Å². The van der Waals surface area contributed by atoms with Crippen molar-refractivity contribution in [3.63, 3.8) is 0 Å². The van der Waals surface area contributed by atoms with Crippen LogP contribution in [0.2, 0.25) is 0 Å². The molecule has 1 heterocycles. The summed E-state index contributed by atoms with van der Waals surface area (Å²) in [5.41, 5.74) is -0.0777. The lowest BCUT2D eigenvalue weighted by atomic mass is 10.2. The van der Waals surface area contributed by atoms with Gasteiger partial charge in [0.1, 0.15) is 11.4 Å². The van der Waals surface area contributed by atoms with E-state index >= 15 is 0 Å². The second-order valence-corrected chi connectivity index (χ2v) is 4.03. The van der Waals surface area contributed by atoms with E-state index in [0.29, 0.717) is 0 Å². The number of aromatic nitrogens is 1. The molecule has 0 aromatic carbocycles. The van der Waals surface area contributed by atoms with E-state index in [0.717, 1.165) is 6.07 Å². The van der Waals surface area contributed by atoms with E-state index in [1.165, 1.54) is 12.3 Å². The highest BCUT2D eigenvalue weighted by atomic mass is 32.2. The summed E-state index contributed by atoms with van der Waals surface area (Å²) in [7, 11) is -4.14. The van der Waals surface area contributed by atoms with E-state index < -0.39 is 21.8 Å². The second-order valence-electron chi connectivity index (χ2n) is 2.58. The Morgan fingerprint density at radius 3 is 2.64 bits per heavy atom. The normalized spacial score (nSPS) is 11.2. The zero-order valence-electron chi connectivity index (χ0n) is 6.91. The van der Waals surface area contributed by atoms with Crippen LogP contribution in [-0.2, 0) is 15.9 Å². The molecule has 0 unspecified atom stereocenters. The zero-order valence-corrected chi connectivity index (χ0v) is 7.73. The van der Waals surface area contributed by atoms with Crippen LogP contribution in [0.5, 0.6) is 0 Å². The monoisotopic (exact) mass is 217 g/mol. The molecule has 0 bridgehead atoms. The Labute approximate surface area is 80.0 Å². The van der Waals surface area contributed by atoms with Crippen molar-refractivity contribution in [1.29, 1.82) is 0 Å². The first-order valence-electron chi connectivity index (χ1n) is 3.52. The van der Waals surface area contributed by atoms with E-state index in [1.54, 1.807) is 0 Å². The van der Waals surface area contributed by atoms with Crippen molar-refractivity contribution in [3.8, 4) is 0 Å². The fourth-order valence-corrected chi connectivity index (χ4v) is 1.49. The fraction of sp³-hybridized carbons (Fsp3) is 0.143. The molecule has 0 aliphatic heterocycles. The lowest BCUT2D eigenvalue weighted by Gasteiger charge is -1.98. The van der Waals surface area contributed by atoms with Crippen molar-refractivity contribution in [2.75, 3.05) is 0 Å². The van der Waals surface area contributed by atoms with Crippen molar-refractivity contribution in [3.05, 3.63) is 29.6 Å². The topological polar surface area (TPSA) is 105 Å². The van der Waals surface area contributed by atoms with E-state index in [4.69, 9.17) is 9.66 Å². The summed E-state index contributed by atoms with van der Waals surface area (Å²) >= 11 is 0. The molecule has 2 N–H and O–H groups in total. The van der Waals surface area contributed by atoms with E-state index in [1.807, 2.05) is 0 Å². The number of carbonyl (C=O) groups is 1. The first-order valence-corrected chi connectivity index (χ1v) is 5.13. The predicted octanol–water partition coefficient (Wildman–Crippen LogP) is 0.168. The molecular weight excluding hydrogens is 210 g/mol. The first-order chi connectivity index (χ1) is 6.38. The Bertz CT molecular complexity index is 453. The summed E-state index contributed by atoms with van der Waals surface area (Å²) in [6.45, 7) is 0. The van der Waals surface area contributed by atoms with E-state index in [-0.39, 0.29) is 11.3 Å². The molecule has 0 aliphatic carbocycles. The quantitative estimate of drug-likeness (QED) is 0.699. The lowest BCUT2D eigenvalue weighted by Crippen LogP contribution is -2.05. The lowest BCUT2D eigenvalue weighted by molar-refractivity contribution is 0.0690. The number of hydrogen-bond acceptors (Lipinski definition) is 4. The van der Waals surface area contributed by atoms with Crippen molar-refractivity contribution in [2.45, 2.75) is 5.75 Å². The molecule has 0 saturated heterocycles. The maximum absolute atomic E-state index is 10.5. The molecule has 1 rings (SSSR count). The van der Waals surface area contributed by atoms with Crippen LogP contribution in [0.3, 0.4) is 0 Å². The van der Waals surface area contributed by atoms with E-state index in [2.05, 4.69) is 4.98 Å².